The van der Waals surface area contributed by atoms with Gasteiger partial charge in [0, 0.05) is 6.61 Å². The van der Waals surface area contributed by atoms with Crippen LogP contribution in [0.5, 0.6) is 0 Å². The monoisotopic (exact) mass is 258 g/mol. The van der Waals surface area contributed by atoms with Crippen molar-refractivity contribution in [1.29, 1.82) is 0 Å². The van der Waals surface area contributed by atoms with Crippen LogP contribution in [0.3, 0.4) is 0 Å². The SMILES string of the molecule is CC1CCCO1.COS(=O)(=O)c1ccccc1. The molecule has 0 spiro atoms. The maximum Gasteiger partial charge on any atom is 0.296 e. The molecule has 0 N–H and O–H groups in total. The Morgan fingerprint density at radius 2 is 1.94 bits per heavy atom. The second-order valence-corrected chi connectivity index (χ2v) is 5.47. The highest BCUT2D eigenvalue weighted by molar-refractivity contribution is 7.86. The van der Waals surface area contributed by atoms with Crippen molar-refractivity contribution < 1.29 is 17.3 Å². The summed E-state index contributed by atoms with van der Waals surface area (Å²) in [6, 6.07) is 8.00. The van der Waals surface area contributed by atoms with Gasteiger partial charge >= 0.3 is 0 Å². The average Bonchev–Trinajstić information content (AvgIpc) is 2.82. The molecule has 1 atom stereocenters. The Kier molecular flexibility index (Phi) is 5.61. The van der Waals surface area contributed by atoms with Gasteiger partial charge in [-0.2, -0.15) is 8.42 Å². The average molecular weight is 258 g/mol. The van der Waals surface area contributed by atoms with Crippen LogP contribution >= 0.6 is 0 Å². The molecule has 1 aromatic carbocycles. The molecule has 1 unspecified atom stereocenters. The zero-order chi connectivity index (χ0) is 12.7. The molecule has 1 fully saturated rings. The highest BCUT2D eigenvalue weighted by Crippen LogP contribution is 2.09. The van der Waals surface area contributed by atoms with Gasteiger partial charge in [-0.25, -0.2) is 0 Å². The maximum atomic E-state index is 11.0. The van der Waals surface area contributed by atoms with Crippen molar-refractivity contribution in [3.05, 3.63) is 30.3 Å². The minimum Gasteiger partial charge on any atom is -0.379 e. The van der Waals surface area contributed by atoms with Gasteiger partial charge < -0.3 is 4.74 Å². The van der Waals surface area contributed by atoms with E-state index in [1.54, 1.807) is 18.2 Å². The van der Waals surface area contributed by atoms with E-state index in [0.29, 0.717) is 6.10 Å². The van der Waals surface area contributed by atoms with E-state index in [9.17, 15) is 8.42 Å². The van der Waals surface area contributed by atoms with Crippen molar-refractivity contribution >= 4 is 10.1 Å². The van der Waals surface area contributed by atoms with Gasteiger partial charge in [-0.15, -0.1) is 0 Å². The molecular formula is C12H18O4S. The van der Waals surface area contributed by atoms with Gasteiger partial charge in [0.1, 0.15) is 0 Å². The molecule has 1 aliphatic heterocycles. The van der Waals surface area contributed by atoms with Crippen LogP contribution in [-0.4, -0.2) is 28.2 Å². The lowest BCUT2D eigenvalue weighted by atomic mass is 10.3. The van der Waals surface area contributed by atoms with Gasteiger partial charge in [-0.3, -0.25) is 4.18 Å². The summed E-state index contributed by atoms with van der Waals surface area (Å²) < 4.78 is 31.4. The summed E-state index contributed by atoms with van der Waals surface area (Å²) in [4.78, 5) is 0.183. The molecule has 17 heavy (non-hydrogen) atoms. The van der Waals surface area contributed by atoms with E-state index in [4.69, 9.17) is 4.74 Å². The molecule has 1 aliphatic rings. The number of rotatable bonds is 2. The van der Waals surface area contributed by atoms with E-state index < -0.39 is 10.1 Å². The minimum absolute atomic E-state index is 0.183. The molecule has 1 aromatic rings. The third kappa shape index (κ3) is 4.85. The van der Waals surface area contributed by atoms with Crippen LogP contribution in [0, 0.1) is 0 Å². The molecule has 0 amide bonds. The molecule has 0 radical (unpaired) electrons. The molecular weight excluding hydrogens is 240 g/mol. The summed E-state index contributed by atoms with van der Waals surface area (Å²) in [6.07, 6.45) is 3.08. The summed E-state index contributed by atoms with van der Waals surface area (Å²) in [5, 5.41) is 0. The van der Waals surface area contributed by atoms with E-state index in [-0.39, 0.29) is 4.90 Å². The van der Waals surface area contributed by atoms with Gasteiger partial charge in [-0.05, 0) is 31.9 Å². The molecule has 96 valence electrons. The molecule has 1 heterocycles. The predicted molar refractivity (Wildman–Crippen MR) is 65.3 cm³/mol. The van der Waals surface area contributed by atoms with Gasteiger partial charge in [0.2, 0.25) is 0 Å². The zero-order valence-corrected chi connectivity index (χ0v) is 10.9. The lowest BCUT2D eigenvalue weighted by Crippen LogP contribution is -2.01. The first-order valence-corrected chi connectivity index (χ1v) is 6.94. The standard InChI is InChI=1S/C7H8O3S.C5H10O/c1-10-11(8,9)7-5-3-2-4-6-7;1-5-3-2-4-6-5/h2-6H,1H3;5H,2-4H2,1H3. The quantitative estimate of drug-likeness (QED) is 0.763. The fourth-order valence-corrected chi connectivity index (χ4v) is 2.10. The Morgan fingerprint density at radius 1 is 1.29 bits per heavy atom. The van der Waals surface area contributed by atoms with E-state index in [1.165, 1.54) is 25.0 Å². The number of hydrogen-bond donors (Lipinski definition) is 0. The molecule has 2 rings (SSSR count). The van der Waals surface area contributed by atoms with Crippen molar-refractivity contribution in [2.75, 3.05) is 13.7 Å². The molecule has 0 saturated carbocycles. The Balaban J connectivity index is 0.000000202. The van der Waals surface area contributed by atoms with E-state index in [1.807, 2.05) is 0 Å². The highest BCUT2D eigenvalue weighted by atomic mass is 32.2. The predicted octanol–water partition coefficient (Wildman–Crippen LogP) is 2.21. The summed E-state index contributed by atoms with van der Waals surface area (Å²) in [5.74, 6) is 0. The van der Waals surface area contributed by atoms with Crippen molar-refractivity contribution in [1.82, 2.24) is 0 Å². The summed E-state index contributed by atoms with van der Waals surface area (Å²) >= 11 is 0. The summed E-state index contributed by atoms with van der Waals surface area (Å²) in [6.45, 7) is 3.11. The van der Waals surface area contributed by atoms with Crippen LogP contribution in [0.15, 0.2) is 35.2 Å². The van der Waals surface area contributed by atoms with Crippen molar-refractivity contribution in [3.63, 3.8) is 0 Å². The third-order valence-electron chi connectivity index (χ3n) is 2.41. The Labute approximate surface area is 103 Å². The normalized spacial score (nSPS) is 19.5. The van der Waals surface area contributed by atoms with Crippen LogP contribution in [0.25, 0.3) is 0 Å². The first-order chi connectivity index (χ1) is 8.06. The van der Waals surface area contributed by atoms with Gasteiger partial charge in [0.05, 0.1) is 18.1 Å². The van der Waals surface area contributed by atoms with Crippen molar-refractivity contribution in [2.24, 2.45) is 0 Å². The molecule has 4 nitrogen and oxygen atoms in total. The van der Waals surface area contributed by atoms with Crippen LogP contribution in [0.2, 0.25) is 0 Å². The van der Waals surface area contributed by atoms with Crippen LogP contribution < -0.4 is 0 Å². The van der Waals surface area contributed by atoms with Crippen LogP contribution in [-0.2, 0) is 19.0 Å². The van der Waals surface area contributed by atoms with Crippen molar-refractivity contribution in [3.8, 4) is 0 Å². The van der Waals surface area contributed by atoms with E-state index in [2.05, 4.69) is 11.1 Å². The summed E-state index contributed by atoms with van der Waals surface area (Å²) in [7, 11) is -2.36. The topological polar surface area (TPSA) is 52.6 Å². The van der Waals surface area contributed by atoms with Crippen LogP contribution in [0.1, 0.15) is 19.8 Å². The van der Waals surface area contributed by atoms with Crippen molar-refractivity contribution in [2.45, 2.75) is 30.8 Å². The molecule has 0 aliphatic carbocycles. The first-order valence-electron chi connectivity index (χ1n) is 5.53. The second kappa shape index (κ2) is 6.74. The summed E-state index contributed by atoms with van der Waals surface area (Å²) in [5.41, 5.74) is 0. The first kappa shape index (κ1) is 14.2. The van der Waals surface area contributed by atoms with Crippen LogP contribution in [0.4, 0.5) is 0 Å². The maximum absolute atomic E-state index is 11.0. The Bertz CT molecular complexity index is 407. The fourth-order valence-electron chi connectivity index (χ4n) is 1.42. The second-order valence-electron chi connectivity index (χ2n) is 3.76. The van der Waals surface area contributed by atoms with Gasteiger partial charge in [0.25, 0.3) is 10.1 Å². The van der Waals surface area contributed by atoms with Gasteiger partial charge in [0.15, 0.2) is 0 Å². The molecule has 0 bridgehead atoms. The highest BCUT2D eigenvalue weighted by Gasteiger charge is 2.10. The molecule has 1 saturated heterocycles. The largest absolute Gasteiger partial charge is 0.379 e. The fraction of sp³-hybridized carbons (Fsp3) is 0.500. The lowest BCUT2D eigenvalue weighted by Gasteiger charge is -1.98. The minimum atomic E-state index is -3.50. The van der Waals surface area contributed by atoms with E-state index >= 15 is 0 Å². The third-order valence-corrected chi connectivity index (χ3v) is 3.70. The van der Waals surface area contributed by atoms with E-state index in [0.717, 1.165) is 13.7 Å². The zero-order valence-electron chi connectivity index (χ0n) is 10.1. The van der Waals surface area contributed by atoms with Gasteiger partial charge in [-0.1, -0.05) is 18.2 Å². The molecule has 5 heteroatoms. The smallest absolute Gasteiger partial charge is 0.296 e. The Morgan fingerprint density at radius 3 is 2.29 bits per heavy atom. The number of benzene rings is 1. The number of hydrogen-bond acceptors (Lipinski definition) is 4. The molecule has 0 aromatic heterocycles. The lowest BCUT2D eigenvalue weighted by molar-refractivity contribution is 0.125. The Hall–Kier alpha value is -0.910. The number of ether oxygens (including phenoxy) is 1.